The number of hydrogen-bond donors (Lipinski definition) is 3. The summed E-state index contributed by atoms with van der Waals surface area (Å²) in [5, 5.41) is 33.2. The number of hydrogen-bond acceptors (Lipinski definition) is 12. The fourth-order valence-corrected chi connectivity index (χ4v) is 5.84. The van der Waals surface area contributed by atoms with E-state index < -0.39 is 20.6 Å². The van der Waals surface area contributed by atoms with Gasteiger partial charge in [0, 0.05) is 16.7 Å². The van der Waals surface area contributed by atoms with Gasteiger partial charge in [-0.3, -0.25) is 13.7 Å². The third-order valence-corrected chi connectivity index (χ3v) is 8.29. The van der Waals surface area contributed by atoms with Crippen LogP contribution in [-0.2, 0) is 19.5 Å². The molecule has 0 radical (unpaired) electrons. The number of nitriles is 1. The molecule has 2 aromatic heterocycles. The first kappa shape index (κ1) is 30.6. The van der Waals surface area contributed by atoms with E-state index >= 15 is 0 Å². The summed E-state index contributed by atoms with van der Waals surface area (Å²) in [5.41, 5.74) is 2.25. The summed E-state index contributed by atoms with van der Waals surface area (Å²) < 4.78 is 40.6. The van der Waals surface area contributed by atoms with Crippen LogP contribution in [0.2, 0.25) is 0 Å². The number of anilines is 1. The number of imidazole rings is 1. The van der Waals surface area contributed by atoms with Gasteiger partial charge >= 0.3 is 0 Å². The van der Waals surface area contributed by atoms with E-state index in [0.717, 1.165) is 18.1 Å². The van der Waals surface area contributed by atoms with Crippen molar-refractivity contribution in [2.24, 2.45) is 10.2 Å². The highest BCUT2D eigenvalue weighted by atomic mass is 32.2. The van der Waals surface area contributed by atoms with Gasteiger partial charge in [0.25, 0.3) is 15.7 Å². The summed E-state index contributed by atoms with van der Waals surface area (Å²) in [6.07, 6.45) is 1.30. The number of para-hydroxylation sites is 2. The van der Waals surface area contributed by atoms with Gasteiger partial charge in [-0.1, -0.05) is 47.5 Å². The molecule has 0 atom stereocenters. The van der Waals surface area contributed by atoms with Crippen LogP contribution in [0.25, 0.3) is 34.0 Å². The first-order chi connectivity index (χ1) is 22.3. The van der Waals surface area contributed by atoms with Gasteiger partial charge in [-0.25, -0.2) is 10.2 Å². The number of nitrogens with zero attached hydrogens (tertiary/aromatic N) is 5. The molecule has 2 heterocycles. The average Bonchev–Trinajstić information content (AvgIpc) is 3.46. The van der Waals surface area contributed by atoms with E-state index in [1.807, 2.05) is 0 Å². The lowest BCUT2D eigenvalue weighted by atomic mass is 9.99. The van der Waals surface area contributed by atoms with Gasteiger partial charge in [0.05, 0.1) is 45.4 Å². The third kappa shape index (κ3) is 6.07. The standard InChI is InChI=1S/C31H20N6O7S2/c32-17-23-29(19-6-2-1-3-7-19)24(31(38)37-27-9-5-4-8-25(27)34-30(23)37)18-33-26-15-12-21(16-28(26)46(40,41)42)36-35-20-10-13-22(14-11-20)45-44-43-39/h1-16,18,33,39H,(H,40,41,42). The second-order valence-corrected chi connectivity index (χ2v) is 11.7. The van der Waals surface area contributed by atoms with Crippen molar-refractivity contribution in [3.8, 4) is 17.2 Å². The second kappa shape index (κ2) is 12.9. The Labute approximate surface area is 264 Å². The van der Waals surface area contributed by atoms with Gasteiger partial charge in [-0.15, -0.1) is 4.33 Å². The summed E-state index contributed by atoms with van der Waals surface area (Å²) in [6.45, 7) is 0. The number of rotatable bonds is 9. The monoisotopic (exact) mass is 652 g/mol. The predicted molar refractivity (Wildman–Crippen MR) is 170 cm³/mol. The summed E-state index contributed by atoms with van der Waals surface area (Å²) in [4.78, 5) is 18.7. The van der Waals surface area contributed by atoms with Gasteiger partial charge in [0.1, 0.15) is 16.5 Å². The molecule has 0 aliphatic heterocycles. The zero-order valence-corrected chi connectivity index (χ0v) is 24.9. The van der Waals surface area contributed by atoms with Crippen LogP contribution in [0.4, 0.5) is 17.1 Å². The summed E-state index contributed by atoms with van der Waals surface area (Å²) in [5.74, 6) is 0. The molecule has 0 aliphatic carbocycles. The maximum atomic E-state index is 14.0. The van der Waals surface area contributed by atoms with Crippen LogP contribution in [0, 0.1) is 11.3 Å². The van der Waals surface area contributed by atoms with Gasteiger partial charge < -0.3 is 5.32 Å². The smallest absolute Gasteiger partial charge is 0.296 e. The fraction of sp³-hybridized carbons (Fsp3) is 0. The lowest BCUT2D eigenvalue weighted by Gasteiger charge is -2.10. The topological polar surface area (TPSA) is 188 Å². The summed E-state index contributed by atoms with van der Waals surface area (Å²) in [6, 6.07) is 28.4. The van der Waals surface area contributed by atoms with E-state index in [4.69, 9.17) is 5.26 Å². The average molecular weight is 653 g/mol. The fourth-order valence-electron chi connectivity index (χ4n) is 4.81. The number of azo groups is 1. The van der Waals surface area contributed by atoms with Gasteiger partial charge in [0.15, 0.2) is 5.65 Å². The minimum Gasteiger partial charge on any atom is -0.360 e. The lowest BCUT2D eigenvalue weighted by molar-refractivity contribution is -0.432. The molecule has 15 heteroatoms. The van der Waals surface area contributed by atoms with E-state index in [1.54, 1.807) is 78.9 Å². The first-order valence-electron chi connectivity index (χ1n) is 13.3. The number of benzene rings is 4. The normalized spacial score (nSPS) is 12.2. The molecule has 0 bridgehead atoms. The van der Waals surface area contributed by atoms with Crippen LogP contribution in [0.1, 0.15) is 5.56 Å². The van der Waals surface area contributed by atoms with Gasteiger partial charge in [-0.05, 0) is 60.2 Å². The molecular formula is C31H20N6O7S2. The summed E-state index contributed by atoms with van der Waals surface area (Å²) >= 11 is 0.768. The largest absolute Gasteiger partial charge is 0.360 e. The number of aromatic nitrogens is 2. The van der Waals surface area contributed by atoms with Crippen molar-refractivity contribution >= 4 is 62.1 Å². The van der Waals surface area contributed by atoms with Crippen molar-refractivity contribution in [2.45, 2.75) is 9.79 Å². The van der Waals surface area contributed by atoms with Gasteiger partial charge in [-0.2, -0.15) is 23.9 Å². The highest BCUT2D eigenvalue weighted by Crippen LogP contribution is 2.30. The van der Waals surface area contributed by atoms with E-state index in [9.17, 15) is 23.0 Å². The number of pyridine rings is 1. The highest BCUT2D eigenvalue weighted by molar-refractivity contribution is 7.94. The zero-order valence-electron chi connectivity index (χ0n) is 23.3. The van der Waals surface area contributed by atoms with E-state index in [-0.39, 0.29) is 27.8 Å². The van der Waals surface area contributed by atoms with Crippen LogP contribution in [0.3, 0.4) is 0 Å². The molecule has 6 rings (SSSR count). The van der Waals surface area contributed by atoms with Crippen molar-refractivity contribution < 1.29 is 27.6 Å². The molecule has 6 aromatic rings. The molecule has 3 N–H and O–H groups in total. The maximum Gasteiger partial charge on any atom is 0.296 e. The maximum absolute atomic E-state index is 14.0. The van der Waals surface area contributed by atoms with E-state index in [1.165, 1.54) is 22.7 Å². The number of nitrogens with one attached hydrogen (secondary N) is 1. The Balaban J connectivity index is 1.45. The van der Waals surface area contributed by atoms with Crippen molar-refractivity contribution in [1.29, 1.82) is 5.26 Å². The Morgan fingerprint density at radius 2 is 1.65 bits per heavy atom. The molecule has 0 saturated carbocycles. The Morgan fingerprint density at radius 3 is 2.37 bits per heavy atom. The third-order valence-electron chi connectivity index (χ3n) is 6.80. The lowest BCUT2D eigenvalue weighted by Crippen LogP contribution is -2.34. The molecule has 0 saturated heterocycles. The van der Waals surface area contributed by atoms with Crippen molar-refractivity contribution in [2.75, 3.05) is 5.32 Å². The predicted octanol–water partition coefficient (Wildman–Crippen LogP) is 6.05. The molecule has 46 heavy (non-hydrogen) atoms. The molecule has 4 aromatic carbocycles. The molecule has 0 spiro atoms. The zero-order chi connectivity index (χ0) is 32.3. The van der Waals surface area contributed by atoms with E-state index in [0.29, 0.717) is 32.7 Å². The Bertz CT molecular complexity index is 2390. The first-order valence-corrected chi connectivity index (χ1v) is 15.4. The SMILES string of the molecule is N#Cc1c(-c2ccccc2)c(=CNc2ccc(N=Nc3ccc(SOOO)cc3)cc2S(=O)(=O)O)c(=O)n2c1nc1ccccc12. The second-order valence-electron chi connectivity index (χ2n) is 9.57. The van der Waals surface area contributed by atoms with Crippen LogP contribution in [-0.4, -0.2) is 27.6 Å². The molecule has 0 aliphatic rings. The van der Waals surface area contributed by atoms with Crippen LogP contribution < -0.4 is 16.1 Å². The van der Waals surface area contributed by atoms with Crippen molar-refractivity contribution in [3.63, 3.8) is 0 Å². The Kier molecular flexibility index (Phi) is 8.55. The summed E-state index contributed by atoms with van der Waals surface area (Å²) in [7, 11) is -4.78. The minimum absolute atomic E-state index is 0.0542. The highest BCUT2D eigenvalue weighted by Gasteiger charge is 2.21. The molecular weight excluding hydrogens is 633 g/mol. The van der Waals surface area contributed by atoms with Gasteiger partial charge in [0.2, 0.25) is 0 Å². The molecule has 0 amide bonds. The van der Waals surface area contributed by atoms with E-state index in [2.05, 4.69) is 36.0 Å². The van der Waals surface area contributed by atoms with Crippen LogP contribution >= 0.6 is 12.0 Å². The molecule has 0 fully saturated rings. The Hall–Kier alpha value is -5.47. The molecule has 13 nitrogen and oxygen atoms in total. The molecule has 228 valence electrons. The number of fused-ring (bicyclic) bond motifs is 3. The van der Waals surface area contributed by atoms with Crippen molar-refractivity contribution in [3.05, 3.63) is 118 Å². The minimum atomic E-state index is -4.78. The Morgan fingerprint density at radius 1 is 0.957 bits per heavy atom. The van der Waals surface area contributed by atoms with Crippen LogP contribution in [0.15, 0.2) is 122 Å². The quantitative estimate of drug-likeness (QED) is 0.0543. The van der Waals surface area contributed by atoms with Crippen molar-refractivity contribution in [1.82, 2.24) is 9.38 Å². The molecule has 0 unspecified atom stereocenters. The van der Waals surface area contributed by atoms with Crippen LogP contribution in [0.5, 0.6) is 0 Å².